The number of hydrogen-bond acceptors (Lipinski definition) is 3. The largest absolute Gasteiger partial charge is 0.310 e. The summed E-state index contributed by atoms with van der Waals surface area (Å²) in [6.07, 6.45) is 3.75. The summed E-state index contributed by atoms with van der Waals surface area (Å²) in [7, 11) is 1.96. The second kappa shape index (κ2) is 6.75. The standard InChI is InChI=1S/C13H17Cl2N3S/c1-3-16-11(10-8-12(14)19-13(10)15)5-4-9-6-7-17-18(9)2/h6-8,11,16H,3-5H2,1-2H3. The fourth-order valence-corrected chi connectivity index (χ4v) is 3.72. The van der Waals surface area contributed by atoms with Crippen molar-refractivity contribution in [3.8, 4) is 0 Å². The van der Waals surface area contributed by atoms with E-state index in [-0.39, 0.29) is 6.04 Å². The average molecular weight is 318 g/mol. The molecule has 0 aliphatic heterocycles. The minimum absolute atomic E-state index is 0.233. The summed E-state index contributed by atoms with van der Waals surface area (Å²) in [5, 5.41) is 7.65. The summed E-state index contributed by atoms with van der Waals surface area (Å²) in [6.45, 7) is 3.00. The van der Waals surface area contributed by atoms with Crippen molar-refractivity contribution in [2.45, 2.75) is 25.8 Å². The van der Waals surface area contributed by atoms with Gasteiger partial charge in [0, 0.05) is 30.5 Å². The predicted molar refractivity (Wildman–Crippen MR) is 82.3 cm³/mol. The van der Waals surface area contributed by atoms with Crippen LogP contribution in [0.25, 0.3) is 0 Å². The first-order valence-electron chi connectivity index (χ1n) is 6.26. The van der Waals surface area contributed by atoms with Gasteiger partial charge in [0.15, 0.2) is 0 Å². The van der Waals surface area contributed by atoms with Gasteiger partial charge in [-0.3, -0.25) is 4.68 Å². The van der Waals surface area contributed by atoms with E-state index in [4.69, 9.17) is 23.2 Å². The van der Waals surface area contributed by atoms with E-state index in [1.54, 1.807) is 0 Å². The zero-order valence-electron chi connectivity index (χ0n) is 11.0. The van der Waals surface area contributed by atoms with Gasteiger partial charge in [0.25, 0.3) is 0 Å². The van der Waals surface area contributed by atoms with Crippen LogP contribution in [0.3, 0.4) is 0 Å². The van der Waals surface area contributed by atoms with Crippen molar-refractivity contribution in [3.05, 3.63) is 38.3 Å². The Kier molecular flexibility index (Phi) is 5.28. The lowest BCUT2D eigenvalue weighted by Crippen LogP contribution is -2.21. The number of aryl methyl sites for hydroxylation is 2. The minimum atomic E-state index is 0.233. The van der Waals surface area contributed by atoms with Crippen LogP contribution < -0.4 is 5.32 Å². The second-order valence-electron chi connectivity index (χ2n) is 4.37. The van der Waals surface area contributed by atoms with Crippen LogP contribution in [-0.2, 0) is 13.5 Å². The van der Waals surface area contributed by atoms with Crippen molar-refractivity contribution >= 4 is 34.5 Å². The normalized spacial score (nSPS) is 12.8. The smallest absolute Gasteiger partial charge is 0.0991 e. The Labute approximate surface area is 127 Å². The Morgan fingerprint density at radius 2 is 2.26 bits per heavy atom. The second-order valence-corrected chi connectivity index (χ2v) is 6.66. The molecular weight excluding hydrogens is 301 g/mol. The lowest BCUT2D eigenvalue weighted by molar-refractivity contribution is 0.507. The highest BCUT2D eigenvalue weighted by Gasteiger charge is 2.17. The highest BCUT2D eigenvalue weighted by molar-refractivity contribution is 7.20. The average Bonchev–Trinajstić information content (AvgIpc) is 2.91. The third kappa shape index (κ3) is 3.72. The van der Waals surface area contributed by atoms with Gasteiger partial charge in [-0.25, -0.2) is 0 Å². The van der Waals surface area contributed by atoms with Crippen LogP contribution in [0.2, 0.25) is 8.67 Å². The van der Waals surface area contributed by atoms with Crippen LogP contribution in [0.1, 0.15) is 30.6 Å². The molecule has 0 aromatic carbocycles. The molecule has 19 heavy (non-hydrogen) atoms. The monoisotopic (exact) mass is 317 g/mol. The Bertz CT molecular complexity index is 536. The van der Waals surface area contributed by atoms with Gasteiger partial charge < -0.3 is 5.32 Å². The highest BCUT2D eigenvalue weighted by Crippen LogP contribution is 2.36. The molecule has 1 unspecified atom stereocenters. The van der Waals surface area contributed by atoms with E-state index in [9.17, 15) is 0 Å². The van der Waals surface area contributed by atoms with Gasteiger partial charge in [-0.2, -0.15) is 5.10 Å². The molecule has 0 spiro atoms. The molecule has 2 aromatic heterocycles. The summed E-state index contributed by atoms with van der Waals surface area (Å²) in [5.74, 6) is 0. The van der Waals surface area contributed by atoms with Crippen molar-refractivity contribution in [1.29, 1.82) is 0 Å². The van der Waals surface area contributed by atoms with E-state index in [0.29, 0.717) is 0 Å². The maximum atomic E-state index is 6.24. The van der Waals surface area contributed by atoms with Gasteiger partial charge in [0.05, 0.1) is 8.67 Å². The molecule has 2 rings (SSSR count). The molecule has 3 nitrogen and oxygen atoms in total. The molecule has 0 fully saturated rings. The topological polar surface area (TPSA) is 29.9 Å². The van der Waals surface area contributed by atoms with Gasteiger partial charge in [-0.15, -0.1) is 11.3 Å². The van der Waals surface area contributed by atoms with Crippen LogP contribution in [0, 0.1) is 0 Å². The van der Waals surface area contributed by atoms with Crippen molar-refractivity contribution < 1.29 is 0 Å². The number of halogens is 2. The maximum Gasteiger partial charge on any atom is 0.0991 e. The van der Waals surface area contributed by atoms with E-state index < -0.39 is 0 Å². The molecule has 0 saturated heterocycles. The van der Waals surface area contributed by atoms with Gasteiger partial charge in [-0.1, -0.05) is 30.1 Å². The SMILES string of the molecule is CCNC(CCc1ccnn1C)c1cc(Cl)sc1Cl. The first kappa shape index (κ1) is 14.9. The molecule has 0 amide bonds. The lowest BCUT2D eigenvalue weighted by atomic mass is 10.0. The van der Waals surface area contributed by atoms with Crippen LogP contribution >= 0.6 is 34.5 Å². The number of aromatic nitrogens is 2. The van der Waals surface area contributed by atoms with Gasteiger partial charge in [0.2, 0.25) is 0 Å². The Morgan fingerprint density at radius 3 is 2.79 bits per heavy atom. The molecule has 2 heterocycles. The first-order valence-corrected chi connectivity index (χ1v) is 7.84. The maximum absolute atomic E-state index is 6.24. The molecular formula is C13H17Cl2N3S. The van der Waals surface area contributed by atoms with E-state index in [1.165, 1.54) is 17.0 Å². The van der Waals surface area contributed by atoms with Crippen LogP contribution in [-0.4, -0.2) is 16.3 Å². The molecule has 0 saturated carbocycles. The van der Waals surface area contributed by atoms with E-state index >= 15 is 0 Å². The summed E-state index contributed by atoms with van der Waals surface area (Å²) < 4.78 is 3.43. The summed E-state index contributed by atoms with van der Waals surface area (Å²) in [5.41, 5.74) is 2.32. The third-order valence-corrected chi connectivity index (χ3v) is 4.64. The molecule has 1 N–H and O–H groups in total. The number of nitrogens with zero attached hydrogens (tertiary/aromatic N) is 2. The number of rotatable bonds is 6. The number of thiophene rings is 1. The van der Waals surface area contributed by atoms with Crippen LogP contribution in [0.15, 0.2) is 18.3 Å². The molecule has 0 radical (unpaired) electrons. The Balaban J connectivity index is 2.08. The molecule has 6 heteroatoms. The van der Waals surface area contributed by atoms with E-state index in [0.717, 1.165) is 33.6 Å². The molecule has 0 aliphatic carbocycles. The van der Waals surface area contributed by atoms with Crippen LogP contribution in [0.4, 0.5) is 0 Å². The van der Waals surface area contributed by atoms with Crippen molar-refractivity contribution in [3.63, 3.8) is 0 Å². The van der Waals surface area contributed by atoms with E-state index in [1.807, 2.05) is 30.1 Å². The van der Waals surface area contributed by atoms with Gasteiger partial charge in [-0.05, 0) is 31.5 Å². The Hall–Kier alpha value is -0.550. The van der Waals surface area contributed by atoms with Gasteiger partial charge >= 0.3 is 0 Å². The molecule has 0 bridgehead atoms. The molecule has 104 valence electrons. The van der Waals surface area contributed by atoms with Crippen molar-refractivity contribution in [1.82, 2.24) is 15.1 Å². The van der Waals surface area contributed by atoms with Crippen molar-refractivity contribution in [2.75, 3.05) is 6.54 Å². The highest BCUT2D eigenvalue weighted by atomic mass is 35.5. The summed E-state index contributed by atoms with van der Waals surface area (Å²) in [6, 6.07) is 4.24. The van der Waals surface area contributed by atoms with E-state index in [2.05, 4.69) is 17.3 Å². The van der Waals surface area contributed by atoms with Gasteiger partial charge in [0.1, 0.15) is 0 Å². The lowest BCUT2D eigenvalue weighted by Gasteiger charge is -2.17. The van der Waals surface area contributed by atoms with Crippen molar-refractivity contribution in [2.24, 2.45) is 7.05 Å². The molecule has 0 aliphatic rings. The number of nitrogens with one attached hydrogen (secondary N) is 1. The summed E-state index contributed by atoms with van der Waals surface area (Å²) in [4.78, 5) is 0. The zero-order chi connectivity index (χ0) is 13.8. The fraction of sp³-hybridized carbons (Fsp3) is 0.462. The minimum Gasteiger partial charge on any atom is -0.310 e. The zero-order valence-corrected chi connectivity index (χ0v) is 13.3. The predicted octanol–water partition coefficient (Wildman–Crippen LogP) is 4.07. The number of hydrogen-bond donors (Lipinski definition) is 1. The molecule has 1 atom stereocenters. The first-order chi connectivity index (χ1) is 9.11. The molecule has 2 aromatic rings. The fourth-order valence-electron chi connectivity index (χ4n) is 2.14. The van der Waals surface area contributed by atoms with Crippen LogP contribution in [0.5, 0.6) is 0 Å². The third-order valence-electron chi connectivity index (χ3n) is 3.12. The summed E-state index contributed by atoms with van der Waals surface area (Å²) >= 11 is 13.7. The quantitative estimate of drug-likeness (QED) is 0.870. The Morgan fingerprint density at radius 1 is 1.47 bits per heavy atom.